The Morgan fingerprint density at radius 3 is 2.77 bits per heavy atom. The molecule has 160 valence electrons. The van der Waals surface area contributed by atoms with Crippen LogP contribution in [0.2, 0.25) is 0 Å². The number of hydrogen-bond acceptors (Lipinski definition) is 6. The number of anilines is 3. The molecule has 1 N–H and O–H groups in total. The third-order valence-electron chi connectivity index (χ3n) is 5.44. The highest BCUT2D eigenvalue weighted by molar-refractivity contribution is 6.03. The van der Waals surface area contributed by atoms with Crippen LogP contribution in [0.3, 0.4) is 0 Å². The lowest BCUT2D eigenvalue weighted by atomic mass is 10.2. The van der Waals surface area contributed by atoms with Crippen molar-refractivity contribution >= 4 is 23.1 Å². The highest BCUT2D eigenvalue weighted by Crippen LogP contribution is 2.31. The number of halogens is 1. The Balaban J connectivity index is 1.45. The monoisotopic (exact) mass is 413 g/mol. The number of carbonyl (C=O) groups is 1. The van der Waals surface area contributed by atoms with Gasteiger partial charge in [0.1, 0.15) is 23.7 Å². The topological polar surface area (TPSA) is 70.6 Å². The fraction of sp³-hybridized carbons (Fsp3) is 0.500. The molecule has 1 aromatic carbocycles. The Hall–Kier alpha value is -2.74. The molecule has 1 saturated carbocycles. The van der Waals surface area contributed by atoms with Gasteiger partial charge in [-0.15, -0.1) is 0 Å². The minimum atomic E-state index is -0.375. The zero-order valence-electron chi connectivity index (χ0n) is 17.3. The molecule has 1 aliphatic heterocycles. The van der Waals surface area contributed by atoms with Crippen LogP contribution in [-0.4, -0.2) is 55.3 Å². The standard InChI is InChI=1S/C22H28FN5O2/c1-2-7-28(14-16-3-4-16)21-13-19(24-15-25-21)22(29)26-17-5-6-20(18(23)12-17)27-8-10-30-11-9-27/h5-6,12-13,15-16H,2-4,7-11,14H2,1H3,(H,26,29). The Labute approximate surface area is 176 Å². The van der Waals surface area contributed by atoms with E-state index in [1.165, 1.54) is 25.2 Å². The van der Waals surface area contributed by atoms with Crippen LogP contribution in [0.5, 0.6) is 0 Å². The number of aromatic nitrogens is 2. The summed E-state index contributed by atoms with van der Waals surface area (Å²) in [5, 5.41) is 2.75. The zero-order chi connectivity index (χ0) is 20.9. The van der Waals surface area contributed by atoms with Gasteiger partial charge in [-0.2, -0.15) is 0 Å². The van der Waals surface area contributed by atoms with Gasteiger partial charge in [-0.1, -0.05) is 6.92 Å². The molecule has 30 heavy (non-hydrogen) atoms. The largest absolute Gasteiger partial charge is 0.378 e. The Kier molecular flexibility index (Phi) is 6.42. The molecule has 4 rings (SSSR count). The van der Waals surface area contributed by atoms with E-state index in [-0.39, 0.29) is 17.4 Å². The predicted octanol–water partition coefficient (Wildman–Crippen LogP) is 3.33. The number of rotatable bonds is 8. The Morgan fingerprint density at radius 2 is 2.07 bits per heavy atom. The molecule has 7 nitrogen and oxygen atoms in total. The van der Waals surface area contributed by atoms with Gasteiger partial charge in [0.05, 0.1) is 18.9 Å². The molecule has 0 spiro atoms. The second-order valence-electron chi connectivity index (χ2n) is 7.87. The summed E-state index contributed by atoms with van der Waals surface area (Å²) in [6, 6.07) is 6.47. The maximum atomic E-state index is 14.6. The summed E-state index contributed by atoms with van der Waals surface area (Å²) in [7, 11) is 0. The molecular weight excluding hydrogens is 385 g/mol. The van der Waals surface area contributed by atoms with E-state index in [0.29, 0.717) is 37.7 Å². The van der Waals surface area contributed by atoms with Crippen LogP contribution >= 0.6 is 0 Å². The molecule has 0 radical (unpaired) electrons. The molecule has 0 atom stereocenters. The number of amides is 1. The van der Waals surface area contributed by atoms with Crippen LogP contribution in [-0.2, 0) is 4.74 Å². The predicted molar refractivity (Wildman–Crippen MR) is 115 cm³/mol. The Morgan fingerprint density at radius 1 is 1.27 bits per heavy atom. The minimum absolute atomic E-state index is 0.273. The number of benzene rings is 1. The van der Waals surface area contributed by atoms with Crippen molar-refractivity contribution < 1.29 is 13.9 Å². The van der Waals surface area contributed by atoms with E-state index in [9.17, 15) is 9.18 Å². The molecule has 2 heterocycles. The first-order chi connectivity index (χ1) is 14.6. The molecule has 1 aromatic heterocycles. The molecule has 2 aromatic rings. The van der Waals surface area contributed by atoms with Crippen LogP contribution in [0.4, 0.5) is 21.6 Å². The summed E-state index contributed by atoms with van der Waals surface area (Å²) in [6.07, 6.45) is 4.93. The van der Waals surface area contributed by atoms with E-state index < -0.39 is 0 Å². The number of nitrogens with one attached hydrogen (secondary N) is 1. The lowest BCUT2D eigenvalue weighted by molar-refractivity contribution is 0.102. The normalized spacial score (nSPS) is 16.4. The van der Waals surface area contributed by atoms with Gasteiger partial charge in [0.15, 0.2) is 0 Å². The van der Waals surface area contributed by atoms with Crippen molar-refractivity contribution in [1.82, 2.24) is 9.97 Å². The van der Waals surface area contributed by atoms with Crippen LogP contribution in [0.25, 0.3) is 0 Å². The van der Waals surface area contributed by atoms with Gasteiger partial charge < -0.3 is 19.9 Å². The number of carbonyl (C=O) groups excluding carboxylic acids is 1. The van der Waals surface area contributed by atoms with E-state index >= 15 is 0 Å². The van der Waals surface area contributed by atoms with E-state index in [1.54, 1.807) is 18.2 Å². The van der Waals surface area contributed by atoms with Crippen LogP contribution < -0.4 is 15.1 Å². The van der Waals surface area contributed by atoms with Gasteiger partial charge in [0, 0.05) is 37.9 Å². The van der Waals surface area contributed by atoms with Crippen LogP contribution in [0.15, 0.2) is 30.6 Å². The smallest absolute Gasteiger partial charge is 0.274 e. The second-order valence-corrected chi connectivity index (χ2v) is 7.87. The van der Waals surface area contributed by atoms with Crippen molar-refractivity contribution in [2.75, 3.05) is 54.5 Å². The van der Waals surface area contributed by atoms with Gasteiger partial charge in [0.2, 0.25) is 0 Å². The molecule has 2 aliphatic rings. The van der Waals surface area contributed by atoms with Gasteiger partial charge in [0.25, 0.3) is 5.91 Å². The molecule has 2 fully saturated rings. The maximum absolute atomic E-state index is 14.6. The number of nitrogens with zero attached hydrogens (tertiary/aromatic N) is 4. The van der Waals surface area contributed by atoms with E-state index in [4.69, 9.17) is 4.74 Å². The molecule has 1 amide bonds. The van der Waals surface area contributed by atoms with Crippen molar-refractivity contribution in [1.29, 1.82) is 0 Å². The first kappa shape index (κ1) is 20.5. The summed E-state index contributed by atoms with van der Waals surface area (Å²) in [5.74, 6) is 0.742. The van der Waals surface area contributed by atoms with Crippen molar-refractivity contribution in [2.24, 2.45) is 5.92 Å². The Bertz CT molecular complexity index is 884. The van der Waals surface area contributed by atoms with E-state index in [0.717, 1.165) is 31.2 Å². The molecular formula is C22H28FN5O2. The second kappa shape index (κ2) is 9.38. The highest BCUT2D eigenvalue weighted by Gasteiger charge is 2.25. The number of hydrogen-bond donors (Lipinski definition) is 1. The first-order valence-electron chi connectivity index (χ1n) is 10.6. The van der Waals surface area contributed by atoms with Gasteiger partial charge in [-0.3, -0.25) is 4.79 Å². The lowest BCUT2D eigenvalue weighted by Gasteiger charge is -2.29. The van der Waals surface area contributed by atoms with Gasteiger partial charge in [-0.05, 0) is 43.4 Å². The fourth-order valence-corrected chi connectivity index (χ4v) is 3.67. The average molecular weight is 413 g/mol. The summed E-state index contributed by atoms with van der Waals surface area (Å²) < 4.78 is 19.9. The average Bonchev–Trinajstić information content (AvgIpc) is 3.58. The number of morpholine rings is 1. The molecule has 8 heteroatoms. The van der Waals surface area contributed by atoms with Crippen LogP contribution in [0.1, 0.15) is 36.7 Å². The quantitative estimate of drug-likeness (QED) is 0.716. The molecule has 1 saturated heterocycles. The third-order valence-corrected chi connectivity index (χ3v) is 5.44. The van der Waals surface area contributed by atoms with Gasteiger partial charge in [-0.25, -0.2) is 14.4 Å². The van der Waals surface area contributed by atoms with Crippen molar-refractivity contribution in [2.45, 2.75) is 26.2 Å². The van der Waals surface area contributed by atoms with Gasteiger partial charge >= 0.3 is 0 Å². The zero-order valence-corrected chi connectivity index (χ0v) is 17.3. The maximum Gasteiger partial charge on any atom is 0.274 e. The summed E-state index contributed by atoms with van der Waals surface area (Å²) in [5.41, 5.74) is 1.20. The number of ether oxygens (including phenoxy) is 1. The molecule has 1 aliphatic carbocycles. The fourth-order valence-electron chi connectivity index (χ4n) is 3.67. The highest BCUT2D eigenvalue weighted by atomic mass is 19.1. The minimum Gasteiger partial charge on any atom is -0.378 e. The first-order valence-corrected chi connectivity index (χ1v) is 10.6. The van der Waals surface area contributed by atoms with Crippen LogP contribution in [0, 0.1) is 11.7 Å². The van der Waals surface area contributed by atoms with E-state index in [2.05, 4.69) is 27.1 Å². The van der Waals surface area contributed by atoms with Crippen molar-refractivity contribution in [3.8, 4) is 0 Å². The third kappa shape index (κ3) is 5.05. The summed E-state index contributed by atoms with van der Waals surface area (Å²) in [6.45, 7) is 6.46. The SMILES string of the molecule is CCCN(CC1CC1)c1cc(C(=O)Nc2ccc(N3CCOCC3)c(F)c2)ncn1. The molecule has 0 bridgehead atoms. The van der Waals surface area contributed by atoms with E-state index in [1.807, 2.05) is 4.90 Å². The lowest BCUT2D eigenvalue weighted by Crippen LogP contribution is -2.36. The van der Waals surface area contributed by atoms with Crippen molar-refractivity contribution in [3.05, 3.63) is 42.1 Å². The summed E-state index contributed by atoms with van der Waals surface area (Å²) >= 11 is 0. The molecule has 0 unspecified atom stereocenters. The van der Waals surface area contributed by atoms with Crippen molar-refractivity contribution in [3.63, 3.8) is 0 Å². The summed E-state index contributed by atoms with van der Waals surface area (Å²) in [4.78, 5) is 25.4.